The molecule has 228 valence electrons. The van der Waals surface area contributed by atoms with E-state index in [0.717, 1.165) is 42.8 Å². The average molecular weight is 625 g/mol. The topological polar surface area (TPSA) is 60.0 Å². The van der Waals surface area contributed by atoms with E-state index in [1.165, 1.54) is 18.6 Å². The molecule has 0 amide bonds. The minimum absolute atomic E-state index is 0. The molecule has 4 fully saturated rings. The zero-order chi connectivity index (χ0) is 29.5. The number of esters is 1. The van der Waals surface area contributed by atoms with Gasteiger partial charge >= 0.3 is 23.0 Å². The Balaban J connectivity index is 0.000000559. The van der Waals surface area contributed by atoms with Crippen molar-refractivity contribution >= 4 is 11.7 Å². The van der Waals surface area contributed by atoms with Gasteiger partial charge in [-0.25, -0.2) is 4.79 Å². The first-order valence-corrected chi connectivity index (χ1v) is 15.4. The number of carbonyl (C=O) groups excluding carboxylic acids is 1. The Bertz CT molecular complexity index is 1170. The van der Waals surface area contributed by atoms with Crippen LogP contribution < -0.4 is 5.32 Å². The summed E-state index contributed by atoms with van der Waals surface area (Å²) in [7, 11) is 1.49. The molecule has 2 saturated heterocycles. The summed E-state index contributed by atoms with van der Waals surface area (Å²) in [5.74, 6) is 0.706. The zero-order valence-electron chi connectivity index (χ0n) is 25.9. The number of nitrogens with zero attached hydrogens (tertiary/aromatic N) is 1. The average Bonchev–Trinajstić information content (AvgIpc) is 3.82. The van der Waals surface area contributed by atoms with Crippen molar-refractivity contribution in [1.82, 2.24) is 4.90 Å². The summed E-state index contributed by atoms with van der Waals surface area (Å²) in [6.07, 6.45) is 22.0. The summed E-state index contributed by atoms with van der Waals surface area (Å²) in [4.78, 5) is 16.0. The second-order valence-corrected chi connectivity index (χ2v) is 12.8. The molecular weight excluding hydrogens is 580 g/mol. The molecule has 0 aromatic heterocycles. The van der Waals surface area contributed by atoms with Gasteiger partial charge in [0.1, 0.15) is 0 Å². The molecule has 1 aromatic rings. The van der Waals surface area contributed by atoms with Crippen LogP contribution in [0.3, 0.4) is 0 Å². The molecule has 3 aliphatic heterocycles. The Morgan fingerprint density at radius 1 is 1.09 bits per heavy atom. The first kappa shape index (κ1) is 33.0. The van der Waals surface area contributed by atoms with Gasteiger partial charge in [-0.3, -0.25) is 4.90 Å². The van der Waals surface area contributed by atoms with Crippen molar-refractivity contribution in [2.45, 2.75) is 82.3 Å². The van der Waals surface area contributed by atoms with Gasteiger partial charge in [-0.1, -0.05) is 25.1 Å². The number of likely N-dealkylation sites (tertiary alicyclic amines) is 1. The van der Waals surface area contributed by atoms with Crippen molar-refractivity contribution < 1.29 is 36.1 Å². The molecule has 6 nitrogen and oxygen atoms in total. The summed E-state index contributed by atoms with van der Waals surface area (Å²) in [5.41, 5.74) is 3.58. The number of benzene rings is 1. The molecule has 1 spiro atoms. The van der Waals surface area contributed by atoms with Crippen molar-refractivity contribution in [2.75, 3.05) is 25.6 Å². The molecule has 5 atom stereocenters. The Kier molecular flexibility index (Phi) is 10.1. The van der Waals surface area contributed by atoms with Crippen LogP contribution in [-0.4, -0.2) is 54.6 Å². The van der Waals surface area contributed by atoms with Crippen molar-refractivity contribution in [3.63, 3.8) is 0 Å². The van der Waals surface area contributed by atoms with E-state index in [2.05, 4.69) is 74.0 Å². The summed E-state index contributed by atoms with van der Waals surface area (Å²) in [6, 6.07) is 9.08. The number of hydrogen-bond donors (Lipinski definition) is 1. The quantitative estimate of drug-likeness (QED) is 0.310. The molecule has 1 aromatic carbocycles. The van der Waals surface area contributed by atoms with Gasteiger partial charge < -0.3 is 19.5 Å². The van der Waals surface area contributed by atoms with Crippen molar-refractivity contribution in [3.8, 4) is 0 Å². The van der Waals surface area contributed by atoms with E-state index in [0.29, 0.717) is 13.0 Å². The van der Waals surface area contributed by atoms with Crippen LogP contribution in [0.25, 0.3) is 0 Å². The van der Waals surface area contributed by atoms with Gasteiger partial charge in [0.2, 0.25) is 0 Å². The standard InChI is InChI=1S/C31H39N2O4.C5H5.Fe/c1-6-30(19-36-29(3,4)37-30)18-22-17-23(28(34)35-5)26-31(24-13-9-10-14-25(24)32-26)15-16-33(27(22)31)20(2)21-11-7-8-12-21;1-2-4-5-3-1;/h7-14,20,22,27,32H,6,15-19H2,1-5H3;1-5H;/q;;+2/t20-,22+,27+,30-,31+;;/m0../s1. The number of hydrogen-bond acceptors (Lipinski definition) is 6. The van der Waals surface area contributed by atoms with Crippen LogP contribution in [0.5, 0.6) is 0 Å². The smallest absolute Gasteiger partial charge is 0.466 e. The molecule has 2 saturated carbocycles. The first-order chi connectivity index (χ1) is 20.2. The van der Waals surface area contributed by atoms with E-state index in [9.17, 15) is 4.79 Å². The summed E-state index contributed by atoms with van der Waals surface area (Å²) in [5, 5.41) is 3.71. The van der Waals surface area contributed by atoms with Gasteiger partial charge in [0, 0.05) is 35.9 Å². The second-order valence-electron chi connectivity index (χ2n) is 12.8. The van der Waals surface area contributed by atoms with Crippen molar-refractivity contribution in [1.29, 1.82) is 0 Å². The minimum Gasteiger partial charge on any atom is -0.466 e. The van der Waals surface area contributed by atoms with E-state index < -0.39 is 5.79 Å². The molecule has 0 bridgehead atoms. The van der Waals surface area contributed by atoms with Crippen LogP contribution in [0.4, 0.5) is 5.69 Å². The zero-order valence-corrected chi connectivity index (χ0v) is 27.0. The molecule has 7 rings (SSSR count). The monoisotopic (exact) mass is 624 g/mol. The van der Waals surface area contributed by atoms with Crippen LogP contribution in [0.2, 0.25) is 0 Å². The molecule has 10 radical (unpaired) electrons. The largest absolute Gasteiger partial charge is 2.00 e. The number of rotatable bonds is 6. The fourth-order valence-electron chi connectivity index (χ4n) is 8.19. The van der Waals surface area contributed by atoms with Gasteiger partial charge in [-0.15, -0.1) is 0 Å². The summed E-state index contributed by atoms with van der Waals surface area (Å²) >= 11 is 0. The maximum atomic E-state index is 13.3. The van der Waals surface area contributed by atoms with E-state index in [1.807, 2.05) is 46.0 Å². The maximum Gasteiger partial charge on any atom is 2.00 e. The number of anilines is 1. The number of carbonyl (C=O) groups is 1. The van der Waals surface area contributed by atoms with Gasteiger partial charge in [0.25, 0.3) is 0 Å². The van der Waals surface area contributed by atoms with E-state index >= 15 is 0 Å². The molecule has 6 aliphatic rings. The number of methoxy groups -OCH3 is 1. The maximum absolute atomic E-state index is 13.3. The van der Waals surface area contributed by atoms with Crippen molar-refractivity contribution in [3.05, 3.63) is 105 Å². The van der Waals surface area contributed by atoms with Crippen LogP contribution in [-0.2, 0) is 41.5 Å². The molecular formula is C36H44FeN2O4+2. The predicted molar refractivity (Wildman–Crippen MR) is 164 cm³/mol. The minimum atomic E-state index is -0.603. The third kappa shape index (κ3) is 5.99. The number of nitrogens with one attached hydrogen (secondary N) is 1. The van der Waals surface area contributed by atoms with Crippen LogP contribution in [0.15, 0.2) is 35.5 Å². The SMILES string of the molecule is CC[C@]1(C[C@H]2CC(C(=O)OC)=C3Nc4ccccc4[C@]34CCN([C@@H](C)[C]3[CH][CH][CH][CH]3)[C@H]24)COC(C)(C)O1.[CH]1[CH][CH][CH][CH]1.[Fe+2]. The van der Waals surface area contributed by atoms with Crippen LogP contribution in [0, 0.1) is 69.6 Å². The number of fused-ring (bicyclic) bond motifs is 1. The molecule has 3 heterocycles. The fourth-order valence-corrected chi connectivity index (χ4v) is 8.19. The summed E-state index contributed by atoms with van der Waals surface area (Å²) in [6.45, 7) is 10.1. The van der Waals surface area contributed by atoms with Gasteiger partial charge in [-0.05, 0) is 122 Å². The van der Waals surface area contributed by atoms with Gasteiger partial charge in [0.15, 0.2) is 5.79 Å². The van der Waals surface area contributed by atoms with Crippen LogP contribution in [0.1, 0.15) is 58.9 Å². The van der Waals surface area contributed by atoms with Crippen LogP contribution >= 0.6 is 0 Å². The first-order valence-electron chi connectivity index (χ1n) is 15.4. The van der Waals surface area contributed by atoms with E-state index in [4.69, 9.17) is 14.2 Å². The number of para-hydroxylation sites is 1. The van der Waals surface area contributed by atoms with Gasteiger partial charge in [0.05, 0.1) is 30.3 Å². The number of ether oxygens (including phenoxy) is 3. The fraction of sp³-hybridized carbons (Fsp3) is 0.472. The Labute approximate surface area is 270 Å². The molecule has 43 heavy (non-hydrogen) atoms. The Morgan fingerprint density at radius 3 is 2.37 bits per heavy atom. The molecule has 0 unspecified atom stereocenters. The van der Waals surface area contributed by atoms with E-state index in [1.54, 1.807) is 0 Å². The van der Waals surface area contributed by atoms with Crippen molar-refractivity contribution in [2.24, 2.45) is 5.92 Å². The molecule has 3 aliphatic carbocycles. The molecule has 7 heteroatoms. The third-order valence-corrected chi connectivity index (χ3v) is 10.0. The van der Waals surface area contributed by atoms with Gasteiger partial charge in [-0.2, -0.15) is 0 Å². The normalized spacial score (nSPS) is 33.5. The predicted octanol–water partition coefficient (Wildman–Crippen LogP) is 6.01. The van der Waals surface area contributed by atoms with E-state index in [-0.39, 0.29) is 52.1 Å². The third-order valence-electron chi connectivity index (χ3n) is 10.0. The summed E-state index contributed by atoms with van der Waals surface area (Å²) < 4.78 is 18.1. The molecule has 1 N–H and O–H groups in total. The second kappa shape index (κ2) is 13.2. The Hall–Kier alpha value is -1.37. The Morgan fingerprint density at radius 2 is 1.77 bits per heavy atom.